The lowest BCUT2D eigenvalue weighted by Gasteiger charge is -2.41. The van der Waals surface area contributed by atoms with E-state index in [1.807, 2.05) is 17.9 Å². The molecule has 3 aliphatic heterocycles. The van der Waals surface area contributed by atoms with Gasteiger partial charge >= 0.3 is 0 Å². The average molecular weight is 537 g/mol. The van der Waals surface area contributed by atoms with Gasteiger partial charge in [-0.1, -0.05) is 6.42 Å². The summed E-state index contributed by atoms with van der Waals surface area (Å²) in [5.41, 5.74) is 1.18. The molecule has 3 aliphatic rings. The molecular weight excluding hydrogens is 492 g/mol. The number of piperidine rings is 2. The van der Waals surface area contributed by atoms with Crippen molar-refractivity contribution in [1.29, 1.82) is 0 Å². The molecule has 1 aromatic heterocycles. The molecule has 2 fully saturated rings. The first-order valence-electron chi connectivity index (χ1n) is 14.0. The fourth-order valence-electron chi connectivity index (χ4n) is 5.75. The van der Waals surface area contributed by atoms with Crippen molar-refractivity contribution in [1.82, 2.24) is 9.80 Å². The van der Waals surface area contributed by atoms with Gasteiger partial charge < -0.3 is 33.9 Å². The first-order chi connectivity index (χ1) is 18.2. The Morgan fingerprint density at radius 1 is 1.08 bits per heavy atom. The third-order valence-corrected chi connectivity index (χ3v) is 8.42. The summed E-state index contributed by atoms with van der Waals surface area (Å²) in [4.78, 5) is 18.2. The van der Waals surface area contributed by atoms with Gasteiger partial charge in [0.2, 0.25) is 6.29 Å². The number of carbonyl (C=O) groups is 1. The van der Waals surface area contributed by atoms with E-state index in [1.165, 1.54) is 37.9 Å². The van der Waals surface area contributed by atoms with Crippen LogP contribution in [0, 0.1) is 5.92 Å². The minimum Gasteiger partial charge on any atom is -0.459 e. The van der Waals surface area contributed by atoms with Crippen molar-refractivity contribution >= 4 is 17.2 Å². The van der Waals surface area contributed by atoms with Crippen LogP contribution in [0.5, 0.6) is 0 Å². The number of likely N-dealkylation sites (tertiary alicyclic amines) is 2. The monoisotopic (exact) mass is 536 g/mol. The zero-order chi connectivity index (χ0) is 25.9. The van der Waals surface area contributed by atoms with Gasteiger partial charge in [0.05, 0.1) is 26.4 Å². The molecule has 0 aliphatic carbocycles. The minimum atomic E-state index is -0.501. The van der Waals surface area contributed by atoms with Crippen molar-refractivity contribution in [2.45, 2.75) is 63.7 Å². The van der Waals surface area contributed by atoms with Crippen LogP contribution in [0.1, 0.15) is 56.9 Å². The number of aliphatic hydroxyl groups excluding tert-OH is 1. The van der Waals surface area contributed by atoms with Gasteiger partial charge in [0, 0.05) is 44.2 Å². The number of amides is 1. The molecule has 0 saturated carbocycles. The second-order valence-electron chi connectivity index (χ2n) is 10.1. The number of aliphatic hydroxyl groups is 1. The Bertz CT molecular complexity index is 821. The first-order valence-corrected chi connectivity index (χ1v) is 15.0. The summed E-state index contributed by atoms with van der Waals surface area (Å²) in [6.45, 7) is 8.24. The summed E-state index contributed by atoms with van der Waals surface area (Å²) in [6.07, 6.45) is 8.26. The van der Waals surface area contributed by atoms with Gasteiger partial charge in [0.25, 0.3) is 5.91 Å². The Hall–Kier alpha value is -1.49. The molecule has 4 rings (SSSR count). The number of nitrogens with zero attached hydrogens (tertiary/aromatic N) is 2. The Morgan fingerprint density at radius 3 is 2.51 bits per heavy atom. The number of hydrogen-bond donors (Lipinski definition) is 1. The molecule has 208 valence electrons. The van der Waals surface area contributed by atoms with Crippen molar-refractivity contribution in [3.05, 3.63) is 34.2 Å². The second-order valence-corrected chi connectivity index (χ2v) is 10.9. The highest BCUT2D eigenvalue weighted by molar-refractivity contribution is 7.08. The maximum atomic E-state index is 13.6. The number of carbonyl (C=O) groups excluding carboxylic acids is 1. The van der Waals surface area contributed by atoms with E-state index in [0.717, 1.165) is 32.4 Å². The molecular formula is C28H44N2O6S. The van der Waals surface area contributed by atoms with Crippen LogP contribution >= 0.6 is 11.3 Å². The molecule has 37 heavy (non-hydrogen) atoms. The number of hydrogen-bond acceptors (Lipinski definition) is 8. The second kappa shape index (κ2) is 15.2. The van der Waals surface area contributed by atoms with Gasteiger partial charge in [0.15, 0.2) is 5.76 Å². The normalized spacial score (nSPS) is 25.6. The summed E-state index contributed by atoms with van der Waals surface area (Å²) in [7, 11) is 0. The summed E-state index contributed by atoms with van der Waals surface area (Å²) < 4.78 is 23.4. The van der Waals surface area contributed by atoms with Gasteiger partial charge in [-0.05, 0) is 80.6 Å². The molecule has 0 aromatic carbocycles. The lowest BCUT2D eigenvalue weighted by atomic mass is 9.82. The van der Waals surface area contributed by atoms with Gasteiger partial charge in [-0.25, -0.2) is 0 Å². The van der Waals surface area contributed by atoms with Crippen molar-refractivity contribution in [2.75, 3.05) is 65.8 Å². The highest BCUT2D eigenvalue weighted by atomic mass is 32.1. The predicted molar refractivity (Wildman–Crippen MR) is 143 cm³/mol. The van der Waals surface area contributed by atoms with Gasteiger partial charge in [-0.3, -0.25) is 4.79 Å². The van der Waals surface area contributed by atoms with E-state index >= 15 is 0 Å². The summed E-state index contributed by atoms with van der Waals surface area (Å²) in [5.74, 6) is 0.461. The van der Waals surface area contributed by atoms with Crippen LogP contribution in [0.3, 0.4) is 0 Å². The van der Waals surface area contributed by atoms with E-state index < -0.39 is 6.29 Å². The van der Waals surface area contributed by atoms with Gasteiger partial charge in [-0.2, -0.15) is 11.3 Å². The lowest BCUT2D eigenvalue weighted by Crippen LogP contribution is -2.49. The van der Waals surface area contributed by atoms with Crippen LogP contribution in [0.25, 0.3) is 0 Å². The Kier molecular flexibility index (Phi) is 11.7. The number of ether oxygens (including phenoxy) is 4. The van der Waals surface area contributed by atoms with Gasteiger partial charge in [-0.15, -0.1) is 0 Å². The maximum Gasteiger partial charge on any atom is 0.288 e. The zero-order valence-corrected chi connectivity index (χ0v) is 23.0. The Balaban J connectivity index is 1.39. The van der Waals surface area contributed by atoms with E-state index in [0.29, 0.717) is 44.8 Å². The van der Waals surface area contributed by atoms with E-state index in [-0.39, 0.29) is 24.3 Å². The zero-order valence-electron chi connectivity index (χ0n) is 22.2. The molecule has 0 radical (unpaired) electrons. The quantitative estimate of drug-likeness (QED) is 0.386. The number of rotatable bonds is 13. The molecule has 0 bridgehead atoms. The summed E-state index contributed by atoms with van der Waals surface area (Å²) in [6, 6.07) is 2.72. The topological polar surface area (TPSA) is 80.7 Å². The molecule has 4 heterocycles. The summed E-state index contributed by atoms with van der Waals surface area (Å²) >= 11 is 1.66. The van der Waals surface area contributed by atoms with E-state index in [9.17, 15) is 4.79 Å². The molecule has 1 amide bonds. The van der Waals surface area contributed by atoms with E-state index in [2.05, 4.69) is 21.7 Å². The van der Waals surface area contributed by atoms with Crippen LogP contribution in [0.15, 0.2) is 28.7 Å². The standard InChI is InChI=1S/C28H44N2O6S/c1-2-35-28-24(8-15-33-17-18-34-16-14-31)25(22-9-19-37-21-22)20-26(36-28)27(32)30-12-6-23(7-13-30)29-10-4-3-5-11-29/h9,19-21,23-25,28,31H,2-8,10-18H2,1H3/t24-,25-,28-/m1/s1. The maximum absolute atomic E-state index is 13.6. The molecule has 8 nitrogen and oxygen atoms in total. The molecule has 1 N–H and O–H groups in total. The average Bonchev–Trinajstić information content (AvgIpc) is 3.48. The largest absolute Gasteiger partial charge is 0.459 e. The van der Waals surface area contributed by atoms with Crippen molar-refractivity contribution in [2.24, 2.45) is 5.92 Å². The van der Waals surface area contributed by atoms with Crippen LogP contribution in [0.2, 0.25) is 0 Å². The fraction of sp³-hybridized carbons (Fsp3) is 0.750. The van der Waals surface area contributed by atoms with Crippen LogP contribution in [-0.4, -0.2) is 99.0 Å². The smallest absolute Gasteiger partial charge is 0.288 e. The predicted octanol–water partition coefficient (Wildman–Crippen LogP) is 3.62. The molecule has 0 unspecified atom stereocenters. The third kappa shape index (κ3) is 8.00. The lowest BCUT2D eigenvalue weighted by molar-refractivity contribution is -0.172. The van der Waals surface area contributed by atoms with Crippen LogP contribution in [0.4, 0.5) is 0 Å². The SMILES string of the molecule is CCO[C@@H]1OC(C(=O)N2CCC(N3CCCCC3)CC2)=C[C@H](c2ccsc2)[C@H]1CCOCCOCCO. The molecule has 3 atom stereocenters. The van der Waals surface area contributed by atoms with Crippen LogP contribution in [-0.2, 0) is 23.7 Å². The highest BCUT2D eigenvalue weighted by Crippen LogP contribution is 2.40. The molecule has 2 saturated heterocycles. The summed E-state index contributed by atoms with van der Waals surface area (Å²) in [5, 5.41) is 13.0. The molecule has 9 heteroatoms. The number of thiophene rings is 1. The van der Waals surface area contributed by atoms with E-state index in [4.69, 9.17) is 24.1 Å². The van der Waals surface area contributed by atoms with Gasteiger partial charge in [0.1, 0.15) is 0 Å². The molecule has 0 spiro atoms. The van der Waals surface area contributed by atoms with Crippen molar-refractivity contribution < 1.29 is 28.8 Å². The fourth-order valence-corrected chi connectivity index (χ4v) is 6.46. The van der Waals surface area contributed by atoms with E-state index in [1.54, 1.807) is 11.3 Å². The highest BCUT2D eigenvalue weighted by Gasteiger charge is 2.39. The third-order valence-electron chi connectivity index (χ3n) is 7.72. The minimum absolute atomic E-state index is 0.0155. The first kappa shape index (κ1) is 28.5. The molecule has 1 aromatic rings. The van der Waals surface area contributed by atoms with Crippen molar-refractivity contribution in [3.63, 3.8) is 0 Å². The Labute approximate surface area is 225 Å². The van der Waals surface area contributed by atoms with Crippen LogP contribution < -0.4 is 0 Å². The number of allylic oxidation sites excluding steroid dienone is 1. The Morgan fingerprint density at radius 2 is 1.84 bits per heavy atom. The van der Waals surface area contributed by atoms with Crippen molar-refractivity contribution in [3.8, 4) is 0 Å².